The highest BCUT2D eigenvalue weighted by molar-refractivity contribution is 7.89. The first kappa shape index (κ1) is 22.3. The Morgan fingerprint density at radius 3 is 2.44 bits per heavy atom. The highest BCUT2D eigenvalue weighted by atomic mass is 32.2. The number of sulfonamides is 1. The van der Waals surface area contributed by atoms with Crippen LogP contribution in [0.4, 0.5) is 0 Å². The van der Waals surface area contributed by atoms with Crippen molar-refractivity contribution in [3.8, 4) is 11.8 Å². The molecule has 7 nitrogen and oxygen atoms in total. The van der Waals surface area contributed by atoms with E-state index >= 15 is 0 Å². The second-order valence-electron chi connectivity index (χ2n) is 8.28. The number of nitriles is 1. The molecule has 8 heteroatoms. The van der Waals surface area contributed by atoms with E-state index in [9.17, 15) is 13.2 Å². The average Bonchev–Trinajstić information content (AvgIpc) is 3.34. The van der Waals surface area contributed by atoms with Crippen molar-refractivity contribution in [3.05, 3.63) is 59.7 Å². The molecular weight excluding hydrogens is 426 g/mol. The summed E-state index contributed by atoms with van der Waals surface area (Å²) in [6, 6.07) is 15.9. The molecule has 1 atom stereocenters. The zero-order valence-corrected chi connectivity index (χ0v) is 18.9. The zero-order chi connectivity index (χ0) is 22.7. The fraction of sp³-hybridized carbons (Fsp3) is 0.417. The van der Waals surface area contributed by atoms with Crippen molar-refractivity contribution < 1.29 is 17.9 Å². The van der Waals surface area contributed by atoms with Gasteiger partial charge in [0.05, 0.1) is 29.7 Å². The van der Waals surface area contributed by atoms with Crippen LogP contribution >= 0.6 is 0 Å². The number of hydrogen-bond acceptors (Lipinski definition) is 5. The maximum Gasteiger partial charge on any atom is 0.243 e. The fourth-order valence-corrected chi connectivity index (χ4v) is 6.12. The van der Waals surface area contributed by atoms with Crippen molar-refractivity contribution in [1.82, 2.24) is 9.21 Å². The summed E-state index contributed by atoms with van der Waals surface area (Å²) >= 11 is 0. The van der Waals surface area contributed by atoms with Gasteiger partial charge < -0.3 is 9.64 Å². The number of carbonyl (C=O) groups excluding carboxylic acids is 1. The first-order valence-electron chi connectivity index (χ1n) is 10.9. The van der Waals surface area contributed by atoms with Crippen LogP contribution in [0.15, 0.2) is 53.4 Å². The van der Waals surface area contributed by atoms with Crippen molar-refractivity contribution in [2.24, 2.45) is 5.92 Å². The number of carbonyl (C=O) groups is 1. The minimum absolute atomic E-state index is 0.0398. The summed E-state index contributed by atoms with van der Waals surface area (Å²) in [7, 11) is -2.00. The highest BCUT2D eigenvalue weighted by Gasteiger charge is 2.37. The van der Waals surface area contributed by atoms with Gasteiger partial charge >= 0.3 is 0 Å². The van der Waals surface area contributed by atoms with E-state index in [0.717, 1.165) is 30.7 Å². The Hall–Kier alpha value is -2.89. The average molecular weight is 454 g/mol. The Bertz CT molecular complexity index is 1120. The molecule has 2 aliphatic heterocycles. The predicted molar refractivity (Wildman–Crippen MR) is 119 cm³/mol. The lowest BCUT2D eigenvalue weighted by molar-refractivity contribution is -0.137. The van der Waals surface area contributed by atoms with Gasteiger partial charge in [0.25, 0.3) is 0 Å². The van der Waals surface area contributed by atoms with E-state index in [1.54, 1.807) is 7.11 Å². The number of nitrogens with zero attached hydrogens (tertiary/aromatic N) is 3. The van der Waals surface area contributed by atoms with Crippen molar-refractivity contribution in [2.75, 3.05) is 26.7 Å². The van der Waals surface area contributed by atoms with E-state index in [2.05, 4.69) is 0 Å². The summed E-state index contributed by atoms with van der Waals surface area (Å²) in [6.07, 6.45) is 2.90. The van der Waals surface area contributed by atoms with Gasteiger partial charge in [-0.25, -0.2) is 8.42 Å². The Labute approximate surface area is 189 Å². The molecule has 2 saturated heterocycles. The molecule has 2 aliphatic rings. The summed E-state index contributed by atoms with van der Waals surface area (Å²) in [6.45, 7) is 1.36. The molecule has 2 fully saturated rings. The molecule has 168 valence electrons. The monoisotopic (exact) mass is 453 g/mol. The van der Waals surface area contributed by atoms with Gasteiger partial charge in [0, 0.05) is 25.6 Å². The van der Waals surface area contributed by atoms with Crippen LogP contribution in [-0.4, -0.2) is 50.3 Å². The molecule has 0 spiro atoms. The molecule has 0 saturated carbocycles. The lowest BCUT2D eigenvalue weighted by Crippen LogP contribution is -2.44. The first-order valence-corrected chi connectivity index (χ1v) is 12.3. The molecule has 0 aromatic heterocycles. The van der Waals surface area contributed by atoms with E-state index in [-0.39, 0.29) is 22.8 Å². The Morgan fingerprint density at radius 2 is 1.78 bits per heavy atom. The summed E-state index contributed by atoms with van der Waals surface area (Å²) < 4.78 is 32.7. The summed E-state index contributed by atoms with van der Waals surface area (Å²) in [5, 5.41) is 8.92. The Kier molecular flexibility index (Phi) is 6.49. The number of rotatable bonds is 5. The zero-order valence-electron chi connectivity index (χ0n) is 18.1. The first-order chi connectivity index (χ1) is 15.4. The molecule has 0 unspecified atom stereocenters. The van der Waals surface area contributed by atoms with Crippen molar-refractivity contribution in [2.45, 2.75) is 36.6 Å². The third-order valence-electron chi connectivity index (χ3n) is 6.44. The van der Waals surface area contributed by atoms with Crippen molar-refractivity contribution in [1.29, 1.82) is 5.26 Å². The van der Waals surface area contributed by atoms with Crippen LogP contribution < -0.4 is 4.74 Å². The van der Waals surface area contributed by atoms with Crippen molar-refractivity contribution >= 4 is 15.9 Å². The molecule has 2 heterocycles. The standard InChI is InChI=1S/C24H27N3O4S/c1-31-21-5-2-4-20(16-21)23-6-3-13-27(23)24(28)19-11-14-26(15-12-19)32(29,30)22-9-7-18(17-25)8-10-22/h2,4-5,7-10,16,19,23H,3,6,11-15H2,1H3/t23-/m0/s1. The number of amides is 1. The Morgan fingerprint density at radius 1 is 1.06 bits per heavy atom. The molecular formula is C24H27N3O4S. The summed E-state index contributed by atoms with van der Waals surface area (Å²) in [5.74, 6) is 0.725. The van der Waals surface area contributed by atoms with Crippen molar-refractivity contribution in [3.63, 3.8) is 0 Å². The van der Waals surface area contributed by atoms with Gasteiger partial charge in [-0.15, -0.1) is 0 Å². The minimum Gasteiger partial charge on any atom is -0.497 e. The summed E-state index contributed by atoms with van der Waals surface area (Å²) in [5.41, 5.74) is 1.50. The SMILES string of the molecule is COc1cccc([C@@H]2CCCN2C(=O)C2CCN(S(=O)(=O)c3ccc(C#N)cc3)CC2)c1. The minimum atomic E-state index is -3.63. The van der Waals surface area contributed by atoms with Gasteiger partial charge in [-0.05, 0) is 67.6 Å². The third-order valence-corrected chi connectivity index (χ3v) is 8.35. The number of benzene rings is 2. The lowest BCUT2D eigenvalue weighted by Gasteiger charge is -2.34. The number of piperidine rings is 1. The normalized spacial score (nSPS) is 20.1. The van der Waals surface area contributed by atoms with Crippen LogP contribution in [-0.2, 0) is 14.8 Å². The molecule has 4 rings (SSSR count). The van der Waals surface area contributed by atoms with E-state index in [4.69, 9.17) is 10.00 Å². The quantitative estimate of drug-likeness (QED) is 0.693. The molecule has 0 bridgehead atoms. The number of hydrogen-bond donors (Lipinski definition) is 0. The number of methoxy groups -OCH3 is 1. The van der Waals surface area contributed by atoms with Crippen LogP contribution in [0, 0.1) is 17.2 Å². The van der Waals surface area contributed by atoms with Crippen LogP contribution in [0.25, 0.3) is 0 Å². The molecule has 32 heavy (non-hydrogen) atoms. The van der Waals surface area contributed by atoms with Gasteiger partial charge in [-0.3, -0.25) is 4.79 Å². The third kappa shape index (κ3) is 4.36. The lowest BCUT2D eigenvalue weighted by atomic mass is 9.95. The van der Waals surface area contributed by atoms with Crippen LogP contribution in [0.3, 0.4) is 0 Å². The fourth-order valence-electron chi connectivity index (χ4n) is 4.65. The van der Waals surface area contributed by atoms with E-state index in [0.29, 0.717) is 31.5 Å². The smallest absolute Gasteiger partial charge is 0.243 e. The maximum absolute atomic E-state index is 13.3. The second kappa shape index (κ2) is 9.31. The van der Waals surface area contributed by atoms with Gasteiger partial charge in [0.1, 0.15) is 5.75 Å². The van der Waals surface area contributed by atoms with E-state index in [1.807, 2.05) is 35.2 Å². The van der Waals surface area contributed by atoms with Crippen LogP contribution in [0.5, 0.6) is 5.75 Å². The van der Waals surface area contributed by atoms with E-state index < -0.39 is 10.0 Å². The molecule has 0 N–H and O–H groups in total. The maximum atomic E-state index is 13.3. The number of ether oxygens (including phenoxy) is 1. The van der Waals surface area contributed by atoms with E-state index in [1.165, 1.54) is 28.6 Å². The topological polar surface area (TPSA) is 90.7 Å². The molecule has 2 aromatic carbocycles. The Balaban J connectivity index is 1.42. The molecule has 1 amide bonds. The van der Waals surface area contributed by atoms with Gasteiger partial charge in [-0.1, -0.05) is 12.1 Å². The second-order valence-corrected chi connectivity index (χ2v) is 10.2. The van der Waals surface area contributed by atoms with Gasteiger partial charge in [0.2, 0.25) is 15.9 Å². The van der Waals surface area contributed by atoms with Crippen LogP contribution in [0.2, 0.25) is 0 Å². The molecule has 0 aliphatic carbocycles. The predicted octanol–water partition coefficient (Wildman–Crippen LogP) is 3.33. The van der Waals surface area contributed by atoms with Gasteiger partial charge in [-0.2, -0.15) is 9.57 Å². The molecule has 2 aromatic rings. The molecule has 0 radical (unpaired) electrons. The van der Waals surface area contributed by atoms with Crippen LogP contribution in [0.1, 0.15) is 42.9 Å². The largest absolute Gasteiger partial charge is 0.497 e. The highest BCUT2D eigenvalue weighted by Crippen LogP contribution is 2.36. The number of likely N-dealkylation sites (tertiary alicyclic amines) is 1. The van der Waals surface area contributed by atoms with Gasteiger partial charge in [0.15, 0.2) is 0 Å². The summed E-state index contributed by atoms with van der Waals surface area (Å²) in [4.78, 5) is 15.5.